The number of nitrogens with one attached hydrogen (secondary N) is 1. The van der Waals surface area contributed by atoms with E-state index in [2.05, 4.69) is 43.4 Å². The lowest BCUT2D eigenvalue weighted by Crippen LogP contribution is -2.01. The first kappa shape index (κ1) is 8.36. The van der Waals surface area contributed by atoms with Gasteiger partial charge in [-0.25, -0.2) is 0 Å². The molecule has 0 spiro atoms. The van der Waals surface area contributed by atoms with E-state index >= 15 is 0 Å². The molecule has 1 N–H and O–H groups in total. The molecule has 1 aliphatic rings. The Morgan fingerprint density at radius 3 is 2.92 bits per heavy atom. The molecule has 0 saturated carbocycles. The summed E-state index contributed by atoms with van der Waals surface area (Å²) in [6.45, 7) is 4.45. The van der Waals surface area contributed by atoms with Gasteiger partial charge in [-0.15, -0.1) is 0 Å². The number of rotatable bonds is 1. The molecule has 1 aromatic carbocycles. The fourth-order valence-electron chi connectivity index (χ4n) is 1.60. The van der Waals surface area contributed by atoms with Crippen LogP contribution in [0, 0.1) is 0 Å². The maximum Gasteiger partial charge on any atom is 0.0418 e. The van der Waals surface area contributed by atoms with Gasteiger partial charge in [-0.3, -0.25) is 0 Å². The number of fused-ring (bicyclic) bond motifs is 1. The lowest BCUT2D eigenvalue weighted by atomic mass is 9.98. The van der Waals surface area contributed by atoms with Gasteiger partial charge >= 0.3 is 0 Å². The van der Waals surface area contributed by atoms with Gasteiger partial charge in [-0.1, -0.05) is 32.1 Å². The molecule has 1 heteroatoms. The van der Waals surface area contributed by atoms with E-state index in [0.717, 1.165) is 6.42 Å². The predicted octanol–water partition coefficient (Wildman–Crippen LogP) is 3.29. The van der Waals surface area contributed by atoms with Crippen LogP contribution in [0.25, 0.3) is 0 Å². The summed E-state index contributed by atoms with van der Waals surface area (Å²) < 4.78 is 0. The zero-order valence-electron chi connectivity index (χ0n) is 8.17. The molecule has 68 valence electrons. The van der Waals surface area contributed by atoms with Crippen molar-refractivity contribution in [3.63, 3.8) is 0 Å². The summed E-state index contributed by atoms with van der Waals surface area (Å²) in [5.41, 5.74) is 4.07. The molecule has 1 heterocycles. The monoisotopic (exact) mass is 173 g/mol. The Kier molecular flexibility index (Phi) is 2.09. The zero-order valence-corrected chi connectivity index (χ0v) is 8.17. The topological polar surface area (TPSA) is 12.0 Å². The summed E-state index contributed by atoms with van der Waals surface area (Å²) in [6, 6.07) is 6.70. The minimum absolute atomic E-state index is 0.609. The van der Waals surface area contributed by atoms with Gasteiger partial charge in [0.1, 0.15) is 0 Å². The van der Waals surface area contributed by atoms with Gasteiger partial charge in [-0.05, 0) is 35.7 Å². The van der Waals surface area contributed by atoms with Crippen LogP contribution in [0.3, 0.4) is 0 Å². The molecular weight excluding hydrogens is 158 g/mol. The van der Waals surface area contributed by atoms with Crippen molar-refractivity contribution in [1.82, 2.24) is 0 Å². The van der Waals surface area contributed by atoms with Gasteiger partial charge in [0.15, 0.2) is 0 Å². The number of allylic oxidation sites excluding steroid dienone is 1. The van der Waals surface area contributed by atoms with Crippen molar-refractivity contribution in [3.8, 4) is 0 Å². The quantitative estimate of drug-likeness (QED) is 0.687. The van der Waals surface area contributed by atoms with Gasteiger partial charge in [0.25, 0.3) is 0 Å². The first-order valence-corrected chi connectivity index (χ1v) is 4.82. The summed E-state index contributed by atoms with van der Waals surface area (Å²) >= 11 is 0. The second kappa shape index (κ2) is 3.25. The van der Waals surface area contributed by atoms with Crippen molar-refractivity contribution >= 4 is 5.69 Å². The maximum absolute atomic E-state index is 3.28. The van der Waals surface area contributed by atoms with Crippen molar-refractivity contribution in [2.75, 3.05) is 5.32 Å². The van der Waals surface area contributed by atoms with Crippen LogP contribution >= 0.6 is 0 Å². The molecular formula is C12H15N. The summed E-state index contributed by atoms with van der Waals surface area (Å²) in [7, 11) is 0. The average molecular weight is 173 g/mol. The van der Waals surface area contributed by atoms with Gasteiger partial charge in [0.05, 0.1) is 0 Å². The van der Waals surface area contributed by atoms with E-state index in [9.17, 15) is 0 Å². The van der Waals surface area contributed by atoms with Crippen LogP contribution in [0.1, 0.15) is 30.9 Å². The molecule has 1 nitrogen and oxygen atoms in total. The Hall–Kier alpha value is -1.24. The molecule has 1 aromatic rings. The zero-order chi connectivity index (χ0) is 9.26. The number of benzene rings is 1. The Bertz CT molecular complexity index is 337. The standard InChI is InChI=1S/C12H15N/c1-9(2)11-6-5-10-4-3-7-13-12(10)8-11/h3,5-9,13H,4H2,1-2H3. The van der Waals surface area contributed by atoms with Gasteiger partial charge in [0.2, 0.25) is 0 Å². The first-order chi connectivity index (χ1) is 6.27. The van der Waals surface area contributed by atoms with E-state index in [1.165, 1.54) is 16.8 Å². The van der Waals surface area contributed by atoms with Crippen LogP contribution in [0.2, 0.25) is 0 Å². The second-order valence-corrected chi connectivity index (χ2v) is 3.82. The predicted molar refractivity (Wildman–Crippen MR) is 57.0 cm³/mol. The maximum atomic E-state index is 3.28. The van der Waals surface area contributed by atoms with E-state index < -0.39 is 0 Å². The lowest BCUT2D eigenvalue weighted by molar-refractivity contribution is 0.865. The molecule has 1 aliphatic heterocycles. The third kappa shape index (κ3) is 1.59. The first-order valence-electron chi connectivity index (χ1n) is 4.82. The average Bonchev–Trinajstić information content (AvgIpc) is 2.17. The van der Waals surface area contributed by atoms with Crippen molar-refractivity contribution in [3.05, 3.63) is 41.6 Å². The highest BCUT2D eigenvalue weighted by Crippen LogP contribution is 2.25. The third-order valence-electron chi connectivity index (χ3n) is 2.50. The second-order valence-electron chi connectivity index (χ2n) is 3.82. The third-order valence-corrected chi connectivity index (χ3v) is 2.50. The summed E-state index contributed by atoms with van der Waals surface area (Å²) in [5.74, 6) is 0.609. The fourth-order valence-corrected chi connectivity index (χ4v) is 1.60. The van der Waals surface area contributed by atoms with Crippen LogP contribution in [-0.4, -0.2) is 0 Å². The minimum atomic E-state index is 0.609. The minimum Gasteiger partial charge on any atom is -0.362 e. The van der Waals surface area contributed by atoms with Crippen LogP contribution < -0.4 is 5.32 Å². The van der Waals surface area contributed by atoms with Crippen molar-refractivity contribution in [2.45, 2.75) is 26.2 Å². The Morgan fingerprint density at radius 2 is 2.15 bits per heavy atom. The van der Waals surface area contributed by atoms with Crippen LogP contribution in [0.4, 0.5) is 5.69 Å². The smallest absolute Gasteiger partial charge is 0.0418 e. The highest BCUT2D eigenvalue weighted by atomic mass is 14.8. The molecule has 2 rings (SSSR count). The molecule has 0 unspecified atom stereocenters. The molecule has 0 saturated heterocycles. The molecule has 0 fully saturated rings. The van der Waals surface area contributed by atoms with Crippen molar-refractivity contribution in [2.24, 2.45) is 0 Å². The van der Waals surface area contributed by atoms with Crippen LogP contribution in [0.15, 0.2) is 30.5 Å². The summed E-state index contributed by atoms with van der Waals surface area (Å²) in [5, 5.41) is 3.28. The molecule has 0 amide bonds. The Balaban J connectivity index is 2.38. The molecule has 0 bridgehead atoms. The number of hydrogen-bond acceptors (Lipinski definition) is 1. The number of anilines is 1. The summed E-state index contributed by atoms with van der Waals surface area (Å²) in [4.78, 5) is 0. The Labute approximate surface area is 79.5 Å². The van der Waals surface area contributed by atoms with Crippen LogP contribution in [0.5, 0.6) is 0 Å². The van der Waals surface area contributed by atoms with Crippen molar-refractivity contribution < 1.29 is 0 Å². The molecule has 13 heavy (non-hydrogen) atoms. The molecule has 0 aliphatic carbocycles. The molecule has 0 radical (unpaired) electrons. The van der Waals surface area contributed by atoms with E-state index in [1.807, 2.05) is 6.20 Å². The lowest BCUT2D eigenvalue weighted by Gasteiger charge is -2.15. The van der Waals surface area contributed by atoms with Gasteiger partial charge < -0.3 is 5.32 Å². The molecule has 0 atom stereocenters. The van der Waals surface area contributed by atoms with E-state index in [1.54, 1.807) is 0 Å². The SMILES string of the molecule is CC(C)c1ccc2c(c1)NC=CC2. The fraction of sp³-hybridized carbons (Fsp3) is 0.333. The number of hydrogen-bond donors (Lipinski definition) is 1. The largest absolute Gasteiger partial charge is 0.362 e. The van der Waals surface area contributed by atoms with Crippen molar-refractivity contribution in [1.29, 1.82) is 0 Å². The van der Waals surface area contributed by atoms with E-state index in [0.29, 0.717) is 5.92 Å². The van der Waals surface area contributed by atoms with Gasteiger partial charge in [0, 0.05) is 5.69 Å². The van der Waals surface area contributed by atoms with E-state index in [4.69, 9.17) is 0 Å². The van der Waals surface area contributed by atoms with E-state index in [-0.39, 0.29) is 0 Å². The van der Waals surface area contributed by atoms with Gasteiger partial charge in [-0.2, -0.15) is 0 Å². The summed E-state index contributed by atoms with van der Waals surface area (Å²) in [6.07, 6.45) is 5.23. The molecule has 0 aromatic heterocycles. The highest BCUT2D eigenvalue weighted by Gasteiger charge is 2.06. The van der Waals surface area contributed by atoms with Crippen LogP contribution in [-0.2, 0) is 6.42 Å². The Morgan fingerprint density at radius 1 is 1.31 bits per heavy atom. The normalized spacial score (nSPS) is 14.1. The highest BCUT2D eigenvalue weighted by molar-refractivity contribution is 5.58.